The molecular weight excluding hydrogens is 440 g/mol. The summed E-state index contributed by atoms with van der Waals surface area (Å²) in [6.45, 7) is 0.532. The van der Waals surface area contributed by atoms with Crippen LogP contribution < -0.4 is 9.42 Å². The second-order valence-electron chi connectivity index (χ2n) is 7.15. The summed E-state index contributed by atoms with van der Waals surface area (Å²) < 4.78 is 41.7. The van der Waals surface area contributed by atoms with Crippen molar-refractivity contribution in [2.45, 2.75) is 6.61 Å². The van der Waals surface area contributed by atoms with Crippen LogP contribution in [0.2, 0.25) is 0 Å². The zero-order valence-corrected chi connectivity index (χ0v) is 19.5. The fraction of sp³-hybridized carbons (Fsp3) is 0.160. The Kier molecular flexibility index (Phi) is 8.00. The first-order valence-electron chi connectivity index (χ1n) is 10.2. The molecule has 0 bridgehead atoms. The van der Waals surface area contributed by atoms with Crippen LogP contribution in [0.1, 0.15) is 5.56 Å². The van der Waals surface area contributed by atoms with E-state index in [0.717, 1.165) is 40.9 Å². The molecule has 0 unspecified atom stereocenters. The average Bonchev–Trinajstić information content (AvgIpc) is 3.09. The van der Waals surface area contributed by atoms with Gasteiger partial charge in [0.1, 0.15) is 6.61 Å². The van der Waals surface area contributed by atoms with Crippen molar-refractivity contribution >= 4 is 10.4 Å². The molecule has 0 aliphatic heterocycles. The van der Waals surface area contributed by atoms with E-state index in [1.54, 1.807) is 0 Å². The number of benzene rings is 3. The van der Waals surface area contributed by atoms with E-state index in [0.29, 0.717) is 6.61 Å². The average molecular weight is 467 g/mol. The largest absolute Gasteiger partial charge is 0.726 e. The van der Waals surface area contributed by atoms with E-state index < -0.39 is 10.4 Å². The molecule has 0 saturated carbocycles. The Bertz CT molecular complexity index is 1210. The molecule has 4 rings (SSSR count). The molecule has 172 valence electrons. The summed E-state index contributed by atoms with van der Waals surface area (Å²) in [6.07, 6.45) is 0. The van der Waals surface area contributed by atoms with Crippen LogP contribution in [0.5, 0.6) is 5.75 Å². The fourth-order valence-corrected chi connectivity index (χ4v) is 3.40. The molecule has 8 heteroatoms. The van der Waals surface area contributed by atoms with Crippen LogP contribution in [-0.4, -0.2) is 24.8 Å². The van der Waals surface area contributed by atoms with Gasteiger partial charge in [-0.2, -0.15) is 4.68 Å². The zero-order chi connectivity index (χ0) is 23.8. The lowest BCUT2D eigenvalue weighted by molar-refractivity contribution is -0.740. The molecule has 0 N–H and O–H groups in total. The molecule has 3 aromatic carbocycles. The summed E-state index contributed by atoms with van der Waals surface area (Å²) in [4.78, 5) is 0. The van der Waals surface area contributed by atoms with Gasteiger partial charge >= 0.3 is 0 Å². The maximum atomic E-state index is 9.22. The molecule has 0 radical (unpaired) electrons. The Labute approximate surface area is 194 Å². The van der Waals surface area contributed by atoms with E-state index in [-0.39, 0.29) is 0 Å². The van der Waals surface area contributed by atoms with Gasteiger partial charge in [0.15, 0.2) is 12.7 Å². The minimum absolute atomic E-state index is 0.532. The van der Waals surface area contributed by atoms with Crippen molar-refractivity contribution in [3.63, 3.8) is 0 Å². The Morgan fingerprint density at radius 3 is 1.79 bits per heavy atom. The molecule has 0 aliphatic carbocycles. The number of nitrogens with zero attached hydrogens (tertiary/aromatic N) is 2. The van der Waals surface area contributed by atoms with Gasteiger partial charge in [-0.15, -0.1) is 4.68 Å². The Morgan fingerprint density at radius 1 is 0.848 bits per heavy atom. The summed E-state index contributed by atoms with van der Waals surface area (Å²) in [5.41, 5.74) is 5.59. The molecule has 0 spiro atoms. The zero-order valence-electron chi connectivity index (χ0n) is 18.7. The fourth-order valence-electron chi connectivity index (χ4n) is 3.40. The van der Waals surface area contributed by atoms with Crippen LogP contribution in [-0.2, 0) is 35.3 Å². The van der Waals surface area contributed by atoms with Gasteiger partial charge in [0, 0.05) is 5.56 Å². The van der Waals surface area contributed by atoms with Gasteiger partial charge in [-0.1, -0.05) is 78.9 Å². The minimum atomic E-state index is -4.41. The van der Waals surface area contributed by atoms with E-state index in [1.165, 1.54) is 0 Å². The third kappa shape index (κ3) is 6.29. The van der Waals surface area contributed by atoms with Gasteiger partial charge in [-0.05, 0) is 17.7 Å². The molecule has 0 atom stereocenters. The molecule has 4 aromatic rings. The first-order chi connectivity index (χ1) is 15.8. The first kappa shape index (κ1) is 24.2. The van der Waals surface area contributed by atoms with Crippen molar-refractivity contribution < 1.29 is 26.6 Å². The standard InChI is InChI=1S/C24H23N2O.CH4O4S/c1-25-22(20-14-8-4-9-15-20)24(27-18-19-12-6-3-7-13-19)23(26(25)2)21-16-10-5-11-17-21;1-5-6(2,3)4/h3-17H,18H2,1-2H3;1H3,(H,2,3,4)/q+1;/p-1. The predicted molar refractivity (Wildman–Crippen MR) is 125 cm³/mol. The second kappa shape index (κ2) is 10.9. The molecule has 0 amide bonds. The number of hydrogen-bond acceptors (Lipinski definition) is 5. The topological polar surface area (TPSA) is 84.5 Å². The number of ether oxygens (including phenoxy) is 1. The van der Waals surface area contributed by atoms with Gasteiger partial charge in [0.05, 0.1) is 19.7 Å². The summed E-state index contributed by atoms with van der Waals surface area (Å²) in [7, 11) is 0.543. The quantitative estimate of drug-likeness (QED) is 0.245. The molecular formula is C25H26N2O5S. The lowest BCUT2D eigenvalue weighted by Gasteiger charge is -2.07. The van der Waals surface area contributed by atoms with E-state index in [2.05, 4.69) is 88.3 Å². The molecule has 0 fully saturated rings. The molecule has 0 aliphatic rings. The van der Waals surface area contributed by atoms with Crippen LogP contribution in [0.15, 0.2) is 91.0 Å². The summed E-state index contributed by atoms with van der Waals surface area (Å²) in [5.74, 6) is 0.904. The third-order valence-electron chi connectivity index (χ3n) is 5.05. The third-order valence-corrected chi connectivity index (χ3v) is 5.46. The van der Waals surface area contributed by atoms with Crippen molar-refractivity contribution in [3.05, 3.63) is 96.6 Å². The van der Waals surface area contributed by atoms with Crippen molar-refractivity contribution in [3.8, 4) is 28.3 Å². The highest BCUT2D eigenvalue weighted by atomic mass is 32.3. The Morgan fingerprint density at radius 2 is 1.30 bits per heavy atom. The second-order valence-corrected chi connectivity index (χ2v) is 8.30. The number of hydrogen-bond donors (Lipinski definition) is 0. The van der Waals surface area contributed by atoms with Crippen molar-refractivity contribution in [2.75, 3.05) is 7.11 Å². The normalized spacial score (nSPS) is 10.9. The van der Waals surface area contributed by atoms with Crippen LogP contribution in [0.25, 0.3) is 22.5 Å². The van der Waals surface area contributed by atoms with Crippen LogP contribution in [0, 0.1) is 0 Å². The van der Waals surface area contributed by atoms with Gasteiger partial charge in [0.2, 0.25) is 16.1 Å². The van der Waals surface area contributed by atoms with Crippen LogP contribution in [0.3, 0.4) is 0 Å². The van der Waals surface area contributed by atoms with E-state index in [1.807, 2.05) is 30.3 Å². The van der Waals surface area contributed by atoms with Crippen LogP contribution in [0.4, 0.5) is 0 Å². The SMILES string of the molecule is COS(=O)(=O)[O-].Cn1c(-c2ccccc2)c(OCc2ccccc2)c(-c2ccccc2)[n+]1C. The lowest BCUT2D eigenvalue weighted by atomic mass is 10.1. The van der Waals surface area contributed by atoms with E-state index in [9.17, 15) is 13.0 Å². The Balaban J connectivity index is 0.000000454. The smallest absolute Gasteiger partial charge is 0.280 e. The van der Waals surface area contributed by atoms with Gasteiger partial charge in [-0.3, -0.25) is 4.18 Å². The van der Waals surface area contributed by atoms with E-state index in [4.69, 9.17) is 4.74 Å². The highest BCUT2D eigenvalue weighted by Gasteiger charge is 2.30. The number of aromatic nitrogens is 2. The maximum Gasteiger partial charge on any atom is 0.280 e. The van der Waals surface area contributed by atoms with Crippen molar-refractivity contribution in [2.24, 2.45) is 14.1 Å². The molecule has 1 heterocycles. The monoisotopic (exact) mass is 466 g/mol. The predicted octanol–water partition coefficient (Wildman–Crippen LogP) is 3.86. The van der Waals surface area contributed by atoms with Gasteiger partial charge in [-0.25, -0.2) is 8.42 Å². The lowest BCUT2D eigenvalue weighted by Crippen LogP contribution is -2.39. The molecule has 1 aromatic heterocycles. The number of rotatable bonds is 6. The van der Waals surface area contributed by atoms with Crippen LogP contribution >= 0.6 is 0 Å². The summed E-state index contributed by atoms with van der Waals surface area (Å²) >= 11 is 0. The highest BCUT2D eigenvalue weighted by Crippen LogP contribution is 2.37. The summed E-state index contributed by atoms with van der Waals surface area (Å²) in [6, 6.07) is 31.1. The molecule has 0 saturated heterocycles. The van der Waals surface area contributed by atoms with Crippen molar-refractivity contribution in [1.29, 1.82) is 0 Å². The molecule has 7 nitrogen and oxygen atoms in total. The highest BCUT2D eigenvalue weighted by molar-refractivity contribution is 7.80. The summed E-state index contributed by atoms with van der Waals surface area (Å²) in [5, 5.41) is 0. The van der Waals surface area contributed by atoms with E-state index >= 15 is 0 Å². The Hall–Kier alpha value is -3.46. The maximum absolute atomic E-state index is 9.22. The first-order valence-corrected chi connectivity index (χ1v) is 11.5. The van der Waals surface area contributed by atoms with Gasteiger partial charge < -0.3 is 9.29 Å². The van der Waals surface area contributed by atoms with Gasteiger partial charge in [0.25, 0.3) is 5.69 Å². The van der Waals surface area contributed by atoms with Crippen molar-refractivity contribution in [1.82, 2.24) is 4.68 Å². The molecule has 33 heavy (non-hydrogen) atoms. The minimum Gasteiger partial charge on any atom is -0.726 e.